The number of amides is 1. The van der Waals surface area contributed by atoms with E-state index in [1.807, 2.05) is 26.8 Å². The second kappa shape index (κ2) is 6.34. The van der Waals surface area contributed by atoms with Gasteiger partial charge in [-0.3, -0.25) is 14.9 Å². The predicted octanol–water partition coefficient (Wildman–Crippen LogP) is 1.52. The van der Waals surface area contributed by atoms with Crippen molar-refractivity contribution in [1.29, 1.82) is 0 Å². The second-order valence-corrected chi connectivity index (χ2v) is 4.90. The molecule has 0 saturated heterocycles. The fourth-order valence-corrected chi connectivity index (χ4v) is 2.02. The zero-order valence-corrected chi connectivity index (χ0v) is 12.8. The predicted molar refractivity (Wildman–Crippen MR) is 80.1 cm³/mol. The summed E-state index contributed by atoms with van der Waals surface area (Å²) in [4.78, 5) is 22.5. The lowest BCUT2D eigenvalue weighted by Crippen LogP contribution is -2.27. The van der Waals surface area contributed by atoms with Crippen molar-refractivity contribution in [3.63, 3.8) is 0 Å². The second-order valence-electron chi connectivity index (χ2n) is 4.90. The van der Waals surface area contributed by atoms with Gasteiger partial charge in [0.2, 0.25) is 0 Å². The smallest absolute Gasteiger partial charge is 0.257 e. The van der Waals surface area contributed by atoms with Gasteiger partial charge in [-0.1, -0.05) is 0 Å². The van der Waals surface area contributed by atoms with Gasteiger partial charge in [-0.25, -0.2) is 4.98 Å². The lowest BCUT2D eigenvalue weighted by molar-refractivity contribution is 0.0782. The number of hydrogen-bond donors (Lipinski definition) is 2. The highest BCUT2D eigenvalue weighted by Gasteiger charge is 2.18. The van der Waals surface area contributed by atoms with E-state index in [-0.39, 0.29) is 5.91 Å². The molecule has 0 unspecified atom stereocenters. The quantitative estimate of drug-likeness (QED) is 0.871. The molecular weight excluding hydrogens is 268 g/mol. The number of aryl methyl sites for hydroxylation is 2. The molecule has 0 spiro atoms. The summed E-state index contributed by atoms with van der Waals surface area (Å²) in [5.74, 6) is 1.21. The molecule has 0 radical (unpaired) electrons. The van der Waals surface area contributed by atoms with Crippen LogP contribution in [0.4, 0.5) is 5.69 Å². The summed E-state index contributed by atoms with van der Waals surface area (Å²) in [6, 6.07) is 1.88. The molecule has 2 aromatic rings. The zero-order valence-electron chi connectivity index (χ0n) is 12.8. The zero-order chi connectivity index (χ0) is 15.4. The van der Waals surface area contributed by atoms with E-state index in [1.165, 1.54) is 0 Å². The lowest BCUT2D eigenvalue weighted by Gasteiger charge is -2.18. The highest BCUT2D eigenvalue weighted by Crippen LogP contribution is 2.18. The van der Waals surface area contributed by atoms with E-state index in [0.29, 0.717) is 17.9 Å². The molecule has 0 bridgehead atoms. The number of carbonyl (C=O) groups is 1. The SMILES string of the molecule is CCNc1cc(C)ncc1C(=O)N(C)Cc1n[nH]c(C)n1. The topological polar surface area (TPSA) is 86.8 Å². The first-order valence-electron chi connectivity index (χ1n) is 6.85. The molecule has 21 heavy (non-hydrogen) atoms. The van der Waals surface area contributed by atoms with Gasteiger partial charge in [0.05, 0.1) is 17.8 Å². The van der Waals surface area contributed by atoms with Crippen molar-refractivity contribution in [2.45, 2.75) is 27.3 Å². The largest absolute Gasteiger partial charge is 0.385 e. The number of H-pyrrole nitrogens is 1. The molecule has 1 amide bonds. The number of carbonyl (C=O) groups excluding carboxylic acids is 1. The van der Waals surface area contributed by atoms with E-state index >= 15 is 0 Å². The van der Waals surface area contributed by atoms with Gasteiger partial charge in [0.25, 0.3) is 5.91 Å². The number of aromatic nitrogens is 4. The molecule has 2 aromatic heterocycles. The Morgan fingerprint density at radius 2 is 2.19 bits per heavy atom. The van der Waals surface area contributed by atoms with E-state index in [9.17, 15) is 4.79 Å². The van der Waals surface area contributed by atoms with Gasteiger partial charge in [-0.2, -0.15) is 5.10 Å². The average molecular weight is 288 g/mol. The van der Waals surface area contributed by atoms with Gasteiger partial charge in [-0.05, 0) is 26.8 Å². The van der Waals surface area contributed by atoms with Crippen molar-refractivity contribution in [2.24, 2.45) is 0 Å². The Bertz CT molecular complexity index is 636. The van der Waals surface area contributed by atoms with Crippen molar-refractivity contribution in [2.75, 3.05) is 18.9 Å². The van der Waals surface area contributed by atoms with E-state index in [1.54, 1.807) is 18.1 Å². The summed E-state index contributed by atoms with van der Waals surface area (Å²) >= 11 is 0. The highest BCUT2D eigenvalue weighted by atomic mass is 16.2. The van der Waals surface area contributed by atoms with Gasteiger partial charge in [-0.15, -0.1) is 0 Å². The summed E-state index contributed by atoms with van der Waals surface area (Å²) in [7, 11) is 1.73. The van der Waals surface area contributed by atoms with Crippen LogP contribution in [0, 0.1) is 13.8 Å². The fourth-order valence-electron chi connectivity index (χ4n) is 2.02. The van der Waals surface area contributed by atoms with E-state index in [4.69, 9.17) is 0 Å². The van der Waals surface area contributed by atoms with Crippen molar-refractivity contribution in [3.8, 4) is 0 Å². The Kier molecular flexibility index (Phi) is 4.52. The maximum atomic E-state index is 12.5. The highest BCUT2D eigenvalue weighted by molar-refractivity contribution is 5.99. The molecule has 2 heterocycles. The van der Waals surface area contributed by atoms with E-state index in [2.05, 4.69) is 25.5 Å². The molecule has 0 aliphatic heterocycles. The number of pyridine rings is 1. The first-order valence-corrected chi connectivity index (χ1v) is 6.85. The fraction of sp³-hybridized carbons (Fsp3) is 0.429. The first-order chi connectivity index (χ1) is 10.0. The van der Waals surface area contributed by atoms with Crippen LogP contribution in [-0.4, -0.2) is 44.6 Å². The van der Waals surface area contributed by atoms with Crippen LogP contribution >= 0.6 is 0 Å². The van der Waals surface area contributed by atoms with Crippen molar-refractivity contribution < 1.29 is 4.79 Å². The molecule has 112 valence electrons. The van der Waals surface area contributed by atoms with E-state index < -0.39 is 0 Å². The Morgan fingerprint density at radius 3 is 2.81 bits per heavy atom. The van der Waals surface area contributed by atoms with Gasteiger partial charge in [0, 0.05) is 25.5 Å². The molecule has 0 atom stereocenters. The molecular formula is C14H20N6O. The van der Waals surface area contributed by atoms with Crippen LogP contribution in [0.5, 0.6) is 0 Å². The minimum Gasteiger partial charge on any atom is -0.385 e. The summed E-state index contributed by atoms with van der Waals surface area (Å²) in [6.45, 7) is 6.81. The molecule has 7 nitrogen and oxygen atoms in total. The van der Waals surface area contributed by atoms with Crippen LogP contribution in [0.25, 0.3) is 0 Å². The summed E-state index contributed by atoms with van der Waals surface area (Å²) < 4.78 is 0. The van der Waals surface area contributed by atoms with Crippen LogP contribution in [0.15, 0.2) is 12.3 Å². The van der Waals surface area contributed by atoms with Gasteiger partial charge < -0.3 is 10.2 Å². The molecule has 0 saturated carbocycles. The summed E-state index contributed by atoms with van der Waals surface area (Å²) in [5, 5.41) is 10.0. The van der Waals surface area contributed by atoms with Crippen LogP contribution in [0.2, 0.25) is 0 Å². The third-order valence-electron chi connectivity index (χ3n) is 3.01. The Labute approximate surface area is 123 Å². The van der Waals surface area contributed by atoms with Gasteiger partial charge in [0.1, 0.15) is 5.82 Å². The number of aromatic amines is 1. The van der Waals surface area contributed by atoms with Crippen LogP contribution in [-0.2, 0) is 6.54 Å². The normalized spacial score (nSPS) is 10.5. The average Bonchev–Trinajstić information content (AvgIpc) is 2.84. The number of hydrogen-bond acceptors (Lipinski definition) is 5. The monoisotopic (exact) mass is 288 g/mol. The number of anilines is 1. The molecule has 2 N–H and O–H groups in total. The van der Waals surface area contributed by atoms with Gasteiger partial charge in [0.15, 0.2) is 5.82 Å². The molecule has 2 rings (SSSR count). The third kappa shape index (κ3) is 3.56. The minimum atomic E-state index is -0.110. The maximum Gasteiger partial charge on any atom is 0.257 e. The van der Waals surface area contributed by atoms with Crippen molar-refractivity contribution in [3.05, 3.63) is 35.2 Å². The van der Waals surface area contributed by atoms with Gasteiger partial charge >= 0.3 is 0 Å². The number of rotatable bonds is 5. The molecule has 0 aliphatic carbocycles. The molecule has 7 heteroatoms. The van der Waals surface area contributed by atoms with Crippen LogP contribution in [0.1, 0.15) is 34.6 Å². The van der Waals surface area contributed by atoms with Crippen LogP contribution in [0.3, 0.4) is 0 Å². The minimum absolute atomic E-state index is 0.110. The van der Waals surface area contributed by atoms with Crippen molar-refractivity contribution in [1.82, 2.24) is 25.1 Å². The Morgan fingerprint density at radius 1 is 1.43 bits per heavy atom. The molecule has 0 aliphatic rings. The molecule has 0 fully saturated rings. The number of nitrogens with one attached hydrogen (secondary N) is 2. The Hall–Kier alpha value is -2.44. The number of nitrogens with zero attached hydrogens (tertiary/aromatic N) is 4. The third-order valence-corrected chi connectivity index (χ3v) is 3.01. The molecule has 0 aromatic carbocycles. The maximum absolute atomic E-state index is 12.5. The first kappa shape index (κ1) is 15.0. The van der Waals surface area contributed by atoms with E-state index in [0.717, 1.165) is 23.8 Å². The van der Waals surface area contributed by atoms with Crippen molar-refractivity contribution >= 4 is 11.6 Å². The Balaban J connectivity index is 2.18. The summed E-state index contributed by atoms with van der Waals surface area (Å²) in [5.41, 5.74) is 2.22. The summed E-state index contributed by atoms with van der Waals surface area (Å²) in [6.07, 6.45) is 1.61. The van der Waals surface area contributed by atoms with Crippen LogP contribution < -0.4 is 5.32 Å². The lowest BCUT2D eigenvalue weighted by atomic mass is 10.2. The standard InChI is InChI=1S/C14H20N6O/c1-5-15-12-6-9(2)16-7-11(12)14(21)20(4)8-13-17-10(3)18-19-13/h6-7H,5,8H2,1-4H3,(H,15,16)(H,17,18,19).